The van der Waals surface area contributed by atoms with E-state index in [4.69, 9.17) is 9.84 Å². The molecule has 1 aromatic rings. The van der Waals surface area contributed by atoms with Gasteiger partial charge in [-0.05, 0) is 44.9 Å². The molecule has 17 heavy (non-hydrogen) atoms. The quantitative estimate of drug-likeness (QED) is 0.826. The Hall–Kier alpha value is -1.71. The van der Waals surface area contributed by atoms with Crippen molar-refractivity contribution in [1.82, 2.24) is 0 Å². The molecule has 4 heteroatoms. The Bertz CT molecular complexity index is 410. The Balaban J connectivity index is 2.93. The van der Waals surface area contributed by atoms with Crippen molar-refractivity contribution in [2.45, 2.75) is 27.2 Å². The van der Waals surface area contributed by atoms with E-state index in [1.54, 1.807) is 26.0 Å². The van der Waals surface area contributed by atoms with Crippen LogP contribution in [0.4, 0.5) is 0 Å². The molecule has 2 N–H and O–H groups in total. The van der Waals surface area contributed by atoms with E-state index < -0.39 is 11.4 Å². The van der Waals surface area contributed by atoms with Crippen molar-refractivity contribution < 1.29 is 19.7 Å². The number of aromatic hydroxyl groups is 1. The molecule has 4 nitrogen and oxygen atoms in total. The van der Waals surface area contributed by atoms with Gasteiger partial charge in [-0.25, -0.2) is 0 Å². The topological polar surface area (TPSA) is 66.8 Å². The van der Waals surface area contributed by atoms with Crippen molar-refractivity contribution in [3.05, 3.63) is 23.8 Å². The number of carboxylic acid groups (broad SMARTS) is 1. The average Bonchev–Trinajstić information content (AvgIpc) is 2.23. The number of carboxylic acids is 1. The minimum atomic E-state index is -0.844. The third kappa shape index (κ3) is 3.37. The molecular formula is C13H18O4. The number of aliphatic carboxylic acids is 1. The molecule has 1 aromatic carbocycles. The van der Waals surface area contributed by atoms with Crippen molar-refractivity contribution >= 4 is 5.97 Å². The van der Waals surface area contributed by atoms with Crippen molar-refractivity contribution in [3.63, 3.8) is 0 Å². The molecule has 0 saturated carbocycles. The summed E-state index contributed by atoms with van der Waals surface area (Å²) in [6.07, 6.45) is 0.392. The van der Waals surface area contributed by atoms with Crippen LogP contribution in [0.15, 0.2) is 18.2 Å². The molecule has 0 atom stereocenters. The zero-order valence-electron chi connectivity index (χ0n) is 10.4. The summed E-state index contributed by atoms with van der Waals surface area (Å²) in [5.74, 6) is -0.376. The van der Waals surface area contributed by atoms with Gasteiger partial charge in [-0.1, -0.05) is 6.07 Å². The van der Waals surface area contributed by atoms with E-state index in [2.05, 4.69) is 0 Å². The van der Waals surface area contributed by atoms with Gasteiger partial charge in [0.2, 0.25) is 0 Å². The van der Waals surface area contributed by atoms with Crippen LogP contribution in [0.3, 0.4) is 0 Å². The second kappa shape index (κ2) is 5.08. The monoisotopic (exact) mass is 238 g/mol. The van der Waals surface area contributed by atoms with Crippen LogP contribution in [0.2, 0.25) is 0 Å². The molecular weight excluding hydrogens is 220 g/mol. The fraction of sp³-hybridized carbons (Fsp3) is 0.462. The molecule has 0 aliphatic rings. The van der Waals surface area contributed by atoms with Gasteiger partial charge < -0.3 is 14.9 Å². The van der Waals surface area contributed by atoms with Gasteiger partial charge in [-0.3, -0.25) is 4.79 Å². The van der Waals surface area contributed by atoms with Crippen molar-refractivity contribution in [3.8, 4) is 11.5 Å². The van der Waals surface area contributed by atoms with Gasteiger partial charge in [0.25, 0.3) is 0 Å². The molecule has 1 rings (SSSR count). The molecule has 0 aromatic heterocycles. The number of hydrogen-bond donors (Lipinski definition) is 2. The molecule has 0 spiro atoms. The number of phenols is 1. The summed E-state index contributed by atoms with van der Waals surface area (Å²) in [4.78, 5) is 11.0. The normalized spacial score (nSPS) is 11.2. The van der Waals surface area contributed by atoms with Gasteiger partial charge in [0, 0.05) is 0 Å². The molecule has 0 amide bonds. The zero-order chi connectivity index (χ0) is 13.1. The third-order valence-corrected chi connectivity index (χ3v) is 2.55. The Morgan fingerprint density at radius 2 is 2.06 bits per heavy atom. The van der Waals surface area contributed by atoms with E-state index in [0.29, 0.717) is 18.8 Å². The number of ether oxygens (including phenoxy) is 1. The van der Waals surface area contributed by atoms with Gasteiger partial charge >= 0.3 is 5.97 Å². The summed E-state index contributed by atoms with van der Waals surface area (Å²) < 4.78 is 5.25. The molecule has 0 unspecified atom stereocenters. The number of hydrogen-bond acceptors (Lipinski definition) is 3. The lowest BCUT2D eigenvalue weighted by Crippen LogP contribution is -2.26. The summed E-state index contributed by atoms with van der Waals surface area (Å²) in [5, 5.41) is 18.6. The largest absolute Gasteiger partial charge is 0.504 e. The van der Waals surface area contributed by atoms with E-state index in [1.807, 2.05) is 6.92 Å². The standard InChI is InChI=1S/C13H18O4/c1-4-17-11-7-9(5-6-10(11)14)8-13(2,3)12(15)16/h5-7,14H,4,8H2,1-3H3,(H,15,16). The van der Waals surface area contributed by atoms with Crippen molar-refractivity contribution in [2.24, 2.45) is 5.41 Å². The molecule has 0 aliphatic heterocycles. The highest BCUT2D eigenvalue weighted by Gasteiger charge is 2.27. The Morgan fingerprint density at radius 3 is 2.59 bits per heavy atom. The van der Waals surface area contributed by atoms with Gasteiger partial charge in [0.15, 0.2) is 11.5 Å². The van der Waals surface area contributed by atoms with E-state index in [0.717, 1.165) is 5.56 Å². The first kappa shape index (κ1) is 13.4. The first-order valence-electron chi connectivity index (χ1n) is 5.55. The lowest BCUT2D eigenvalue weighted by molar-refractivity contribution is -0.146. The van der Waals surface area contributed by atoms with Crippen LogP contribution in [0, 0.1) is 5.41 Å². The van der Waals surface area contributed by atoms with Crippen LogP contribution in [-0.2, 0) is 11.2 Å². The Labute approximate surface area is 101 Å². The molecule has 0 radical (unpaired) electrons. The first-order valence-corrected chi connectivity index (χ1v) is 5.55. The predicted octanol–water partition coefficient (Wildman–Crippen LogP) is 2.44. The highest BCUT2D eigenvalue weighted by molar-refractivity contribution is 5.74. The van der Waals surface area contributed by atoms with Crippen molar-refractivity contribution in [1.29, 1.82) is 0 Å². The molecule has 94 valence electrons. The second-order valence-corrected chi connectivity index (χ2v) is 4.60. The predicted molar refractivity (Wildman–Crippen MR) is 64.4 cm³/mol. The summed E-state index contributed by atoms with van der Waals surface area (Å²) >= 11 is 0. The Morgan fingerprint density at radius 1 is 1.41 bits per heavy atom. The molecule has 0 saturated heterocycles. The van der Waals surface area contributed by atoms with Crippen LogP contribution >= 0.6 is 0 Å². The maximum absolute atomic E-state index is 11.0. The molecule has 0 heterocycles. The number of rotatable bonds is 5. The number of phenolic OH excluding ortho intramolecular Hbond substituents is 1. The van der Waals surface area contributed by atoms with Gasteiger partial charge in [0.1, 0.15) is 0 Å². The highest BCUT2D eigenvalue weighted by atomic mass is 16.5. The van der Waals surface area contributed by atoms with E-state index in [9.17, 15) is 9.90 Å². The minimum absolute atomic E-state index is 0.0729. The maximum Gasteiger partial charge on any atom is 0.309 e. The summed E-state index contributed by atoms with van der Waals surface area (Å²) in [6.45, 7) is 5.62. The van der Waals surface area contributed by atoms with Crippen LogP contribution in [0.25, 0.3) is 0 Å². The van der Waals surface area contributed by atoms with Crippen LogP contribution in [-0.4, -0.2) is 22.8 Å². The molecule has 0 bridgehead atoms. The van der Waals surface area contributed by atoms with Crippen LogP contribution < -0.4 is 4.74 Å². The summed E-state index contributed by atoms with van der Waals surface area (Å²) in [7, 11) is 0. The molecule has 0 aliphatic carbocycles. The average molecular weight is 238 g/mol. The second-order valence-electron chi connectivity index (χ2n) is 4.60. The SMILES string of the molecule is CCOc1cc(CC(C)(C)C(=O)O)ccc1O. The van der Waals surface area contributed by atoms with E-state index >= 15 is 0 Å². The first-order chi connectivity index (χ1) is 7.86. The summed E-state index contributed by atoms with van der Waals surface area (Å²) in [5.41, 5.74) is -0.000797. The highest BCUT2D eigenvalue weighted by Crippen LogP contribution is 2.30. The van der Waals surface area contributed by atoms with E-state index in [1.165, 1.54) is 6.07 Å². The molecule has 0 fully saturated rings. The van der Waals surface area contributed by atoms with Crippen molar-refractivity contribution in [2.75, 3.05) is 6.61 Å². The summed E-state index contributed by atoms with van der Waals surface area (Å²) in [6, 6.07) is 4.92. The van der Waals surface area contributed by atoms with Crippen LogP contribution in [0.5, 0.6) is 11.5 Å². The van der Waals surface area contributed by atoms with Gasteiger partial charge in [-0.15, -0.1) is 0 Å². The lowest BCUT2D eigenvalue weighted by Gasteiger charge is -2.19. The minimum Gasteiger partial charge on any atom is -0.504 e. The fourth-order valence-corrected chi connectivity index (χ4v) is 1.53. The zero-order valence-corrected chi connectivity index (χ0v) is 10.4. The number of carbonyl (C=O) groups is 1. The third-order valence-electron chi connectivity index (χ3n) is 2.55. The van der Waals surface area contributed by atoms with Crippen LogP contribution in [0.1, 0.15) is 26.3 Å². The van der Waals surface area contributed by atoms with Gasteiger partial charge in [-0.2, -0.15) is 0 Å². The van der Waals surface area contributed by atoms with Gasteiger partial charge in [0.05, 0.1) is 12.0 Å². The lowest BCUT2D eigenvalue weighted by atomic mass is 9.86. The number of benzene rings is 1. The fourth-order valence-electron chi connectivity index (χ4n) is 1.53. The Kier molecular flexibility index (Phi) is 3.99. The van der Waals surface area contributed by atoms with E-state index in [-0.39, 0.29) is 5.75 Å². The smallest absolute Gasteiger partial charge is 0.309 e. The maximum atomic E-state index is 11.0.